The van der Waals surface area contributed by atoms with Crippen LogP contribution < -0.4 is 0 Å². The highest BCUT2D eigenvalue weighted by Crippen LogP contribution is 2.31. The molecule has 0 heterocycles. The van der Waals surface area contributed by atoms with Gasteiger partial charge in [-0.3, -0.25) is 9.59 Å². The molecule has 0 bridgehead atoms. The zero-order chi connectivity index (χ0) is 12.6. The number of unbranched alkanes of at least 4 members (excludes halogenated alkanes) is 1. The van der Waals surface area contributed by atoms with Crippen molar-refractivity contribution >= 4 is 11.9 Å². The van der Waals surface area contributed by atoms with Crippen molar-refractivity contribution in [2.75, 3.05) is 14.2 Å². The number of esters is 2. The van der Waals surface area contributed by atoms with E-state index in [1.165, 1.54) is 14.2 Å². The van der Waals surface area contributed by atoms with Gasteiger partial charge in [0.05, 0.1) is 14.2 Å². The van der Waals surface area contributed by atoms with Gasteiger partial charge in [-0.05, 0) is 6.42 Å². The van der Waals surface area contributed by atoms with E-state index in [4.69, 9.17) is 6.42 Å². The Morgan fingerprint density at radius 3 is 2.06 bits per heavy atom. The lowest BCUT2D eigenvalue weighted by molar-refractivity contribution is -0.169. The number of hydrogen-bond acceptors (Lipinski definition) is 4. The third kappa shape index (κ3) is 2.99. The molecular weight excluding hydrogens is 208 g/mol. The van der Waals surface area contributed by atoms with Crippen LogP contribution >= 0.6 is 0 Å². The van der Waals surface area contributed by atoms with Crippen molar-refractivity contribution < 1.29 is 19.1 Å². The summed E-state index contributed by atoms with van der Waals surface area (Å²) in [6, 6.07) is 0. The molecule has 0 saturated heterocycles. The Hall–Kier alpha value is -1.50. The van der Waals surface area contributed by atoms with E-state index >= 15 is 0 Å². The van der Waals surface area contributed by atoms with Gasteiger partial charge in [0.25, 0.3) is 0 Å². The van der Waals surface area contributed by atoms with Crippen LogP contribution in [-0.2, 0) is 19.1 Å². The molecule has 0 saturated carbocycles. The Morgan fingerprint density at radius 1 is 1.25 bits per heavy atom. The van der Waals surface area contributed by atoms with E-state index in [0.29, 0.717) is 12.8 Å². The fraction of sp³-hybridized carbons (Fsp3) is 0.667. The van der Waals surface area contributed by atoms with Crippen LogP contribution in [0.1, 0.15) is 32.6 Å². The first-order chi connectivity index (χ1) is 7.58. The summed E-state index contributed by atoms with van der Waals surface area (Å²) in [7, 11) is 2.48. The van der Waals surface area contributed by atoms with Gasteiger partial charge < -0.3 is 9.47 Å². The second-order valence-corrected chi connectivity index (χ2v) is 3.55. The molecule has 90 valence electrons. The van der Waals surface area contributed by atoms with Gasteiger partial charge in [0.15, 0.2) is 5.41 Å². The summed E-state index contributed by atoms with van der Waals surface area (Å²) in [5, 5.41) is 0. The minimum Gasteiger partial charge on any atom is -0.468 e. The predicted molar refractivity (Wildman–Crippen MR) is 59.4 cm³/mol. The third-order valence-electron chi connectivity index (χ3n) is 2.51. The Bertz CT molecular complexity index is 272. The number of methoxy groups -OCH3 is 2. The summed E-state index contributed by atoms with van der Waals surface area (Å²) < 4.78 is 9.31. The molecule has 0 unspecified atom stereocenters. The standard InChI is InChI=1S/C12H18O4/c1-5-7-9-12(8-6-2,10(13)15-3)11(14)16-4/h2H,5,7-9H2,1,3-4H3. The first kappa shape index (κ1) is 14.5. The molecule has 0 amide bonds. The van der Waals surface area contributed by atoms with Gasteiger partial charge >= 0.3 is 11.9 Å². The highest BCUT2D eigenvalue weighted by Gasteiger charge is 2.47. The van der Waals surface area contributed by atoms with E-state index < -0.39 is 17.4 Å². The monoisotopic (exact) mass is 226 g/mol. The fourth-order valence-electron chi connectivity index (χ4n) is 1.56. The normalized spacial score (nSPS) is 10.4. The molecule has 0 aromatic heterocycles. The number of carbonyl (C=O) groups is 2. The molecule has 4 nitrogen and oxygen atoms in total. The van der Waals surface area contributed by atoms with Crippen LogP contribution in [0, 0.1) is 17.8 Å². The Labute approximate surface area is 96.3 Å². The zero-order valence-corrected chi connectivity index (χ0v) is 10.0. The summed E-state index contributed by atoms with van der Waals surface area (Å²) in [4.78, 5) is 23.4. The van der Waals surface area contributed by atoms with Crippen molar-refractivity contribution in [3.63, 3.8) is 0 Å². The summed E-state index contributed by atoms with van der Waals surface area (Å²) in [6.45, 7) is 1.97. The predicted octanol–water partition coefficient (Wildman–Crippen LogP) is 1.53. The fourth-order valence-corrected chi connectivity index (χ4v) is 1.56. The molecule has 0 fully saturated rings. The van der Waals surface area contributed by atoms with Crippen LogP contribution in [0.5, 0.6) is 0 Å². The third-order valence-corrected chi connectivity index (χ3v) is 2.51. The summed E-state index contributed by atoms with van der Waals surface area (Å²) in [5.41, 5.74) is -1.34. The van der Waals surface area contributed by atoms with Crippen molar-refractivity contribution in [1.29, 1.82) is 0 Å². The largest absolute Gasteiger partial charge is 0.468 e. The van der Waals surface area contributed by atoms with E-state index in [0.717, 1.165) is 6.42 Å². The van der Waals surface area contributed by atoms with Gasteiger partial charge in [0.1, 0.15) is 0 Å². The second kappa shape index (κ2) is 6.89. The lowest BCUT2D eigenvalue weighted by atomic mass is 9.80. The molecule has 0 N–H and O–H groups in total. The van der Waals surface area contributed by atoms with Crippen molar-refractivity contribution in [1.82, 2.24) is 0 Å². The topological polar surface area (TPSA) is 52.6 Å². The van der Waals surface area contributed by atoms with E-state index in [1.807, 2.05) is 6.92 Å². The molecule has 0 aromatic rings. The van der Waals surface area contributed by atoms with Crippen LogP contribution in [0.3, 0.4) is 0 Å². The molecule has 0 radical (unpaired) electrons. The van der Waals surface area contributed by atoms with Crippen LogP contribution in [0.25, 0.3) is 0 Å². The molecule has 4 heteroatoms. The smallest absolute Gasteiger partial charge is 0.324 e. The molecule has 0 aliphatic rings. The number of hydrogen-bond donors (Lipinski definition) is 0. The Morgan fingerprint density at radius 2 is 1.75 bits per heavy atom. The number of carbonyl (C=O) groups excluding carboxylic acids is 2. The molecular formula is C12H18O4. The maximum absolute atomic E-state index is 11.7. The van der Waals surface area contributed by atoms with Crippen LogP contribution in [0.4, 0.5) is 0 Å². The highest BCUT2D eigenvalue weighted by atomic mass is 16.5. The zero-order valence-electron chi connectivity index (χ0n) is 10.0. The maximum Gasteiger partial charge on any atom is 0.324 e. The molecule has 0 aromatic carbocycles. The molecule has 0 atom stereocenters. The van der Waals surface area contributed by atoms with Crippen molar-refractivity contribution in [3.8, 4) is 12.3 Å². The maximum atomic E-state index is 11.7. The Balaban J connectivity index is 5.13. The molecule has 0 spiro atoms. The van der Waals surface area contributed by atoms with E-state index in [2.05, 4.69) is 15.4 Å². The van der Waals surface area contributed by atoms with Gasteiger partial charge in [-0.25, -0.2) is 0 Å². The van der Waals surface area contributed by atoms with Gasteiger partial charge in [0, 0.05) is 6.42 Å². The molecule has 16 heavy (non-hydrogen) atoms. The van der Waals surface area contributed by atoms with Crippen molar-refractivity contribution in [3.05, 3.63) is 0 Å². The minimum atomic E-state index is -1.34. The molecule has 0 aliphatic heterocycles. The summed E-state index contributed by atoms with van der Waals surface area (Å²) in [5.74, 6) is 1.11. The lowest BCUT2D eigenvalue weighted by Crippen LogP contribution is -2.41. The van der Waals surface area contributed by atoms with Gasteiger partial charge in [0.2, 0.25) is 0 Å². The van der Waals surface area contributed by atoms with Gasteiger partial charge in [-0.2, -0.15) is 0 Å². The first-order valence-electron chi connectivity index (χ1n) is 5.19. The van der Waals surface area contributed by atoms with E-state index in [1.54, 1.807) is 0 Å². The average molecular weight is 226 g/mol. The number of rotatable bonds is 6. The highest BCUT2D eigenvalue weighted by molar-refractivity contribution is 6.00. The SMILES string of the molecule is C#CCC(CCCC)(C(=O)OC)C(=O)OC. The van der Waals surface area contributed by atoms with E-state index in [-0.39, 0.29) is 6.42 Å². The number of ether oxygens (including phenoxy) is 2. The minimum absolute atomic E-state index is 0.00630. The van der Waals surface area contributed by atoms with Crippen molar-refractivity contribution in [2.45, 2.75) is 32.6 Å². The van der Waals surface area contributed by atoms with Crippen molar-refractivity contribution in [2.24, 2.45) is 5.41 Å². The summed E-state index contributed by atoms with van der Waals surface area (Å²) in [6.07, 6.45) is 7.14. The molecule has 0 rings (SSSR count). The van der Waals surface area contributed by atoms with Gasteiger partial charge in [-0.15, -0.1) is 12.3 Å². The van der Waals surface area contributed by atoms with Crippen LogP contribution in [0.15, 0.2) is 0 Å². The van der Waals surface area contributed by atoms with Crippen LogP contribution in [0.2, 0.25) is 0 Å². The Kier molecular flexibility index (Phi) is 6.24. The van der Waals surface area contributed by atoms with Crippen LogP contribution in [-0.4, -0.2) is 26.2 Å². The van der Waals surface area contributed by atoms with E-state index in [9.17, 15) is 9.59 Å². The van der Waals surface area contributed by atoms with Gasteiger partial charge in [-0.1, -0.05) is 19.8 Å². The molecule has 0 aliphatic carbocycles. The quantitative estimate of drug-likeness (QED) is 0.391. The second-order valence-electron chi connectivity index (χ2n) is 3.55. The lowest BCUT2D eigenvalue weighted by Gasteiger charge is -2.25. The first-order valence-corrected chi connectivity index (χ1v) is 5.19. The summed E-state index contributed by atoms with van der Waals surface area (Å²) >= 11 is 0. The average Bonchev–Trinajstić information content (AvgIpc) is 2.32. The number of terminal acetylenes is 1.